The van der Waals surface area contributed by atoms with Gasteiger partial charge in [-0.25, -0.2) is 0 Å². The summed E-state index contributed by atoms with van der Waals surface area (Å²) in [6, 6.07) is 0. The van der Waals surface area contributed by atoms with Crippen molar-refractivity contribution < 1.29 is 103 Å². The lowest BCUT2D eigenvalue weighted by molar-refractivity contribution is -0.367. The number of hydrogen-bond donors (Lipinski definition) is 14. The number of hydrogen-bond acceptors (Lipinski definition) is 18. The van der Waals surface area contributed by atoms with Crippen molar-refractivity contribution in [3.63, 3.8) is 0 Å². The normalized spacial score (nSPS) is 44.8. The summed E-state index contributed by atoms with van der Waals surface area (Å²) < 4.78 is 21.8. The van der Waals surface area contributed by atoms with Crippen LogP contribution < -0.4 is 12.4 Å². The molecule has 0 bridgehead atoms. The minimum absolute atomic E-state index is 0. The Labute approximate surface area is 255 Å². The molecule has 0 aliphatic carbocycles. The van der Waals surface area contributed by atoms with Gasteiger partial charge in [0.25, 0.3) is 0 Å². The second kappa shape index (κ2) is 17.2. The van der Waals surface area contributed by atoms with E-state index in [1.807, 2.05) is 0 Å². The van der Waals surface area contributed by atoms with Gasteiger partial charge in [-0.2, -0.15) is 0 Å². The second-order valence-electron chi connectivity index (χ2n) is 10.6. The first-order chi connectivity index (χ1) is 19.8. The van der Waals surface area contributed by atoms with Crippen molar-refractivity contribution >= 4 is 10.9 Å². The molecule has 3 aliphatic rings. The van der Waals surface area contributed by atoms with E-state index < -0.39 is 141 Å². The largest absolute Gasteiger partial charge is 1.00 e. The highest BCUT2D eigenvalue weighted by molar-refractivity contribution is 7.97. The molecule has 0 aromatic rings. The molecule has 3 rings (SSSR count). The first-order valence-corrected chi connectivity index (χ1v) is 15.0. The summed E-state index contributed by atoms with van der Waals surface area (Å²) in [5.74, 6) is -0.267. The first kappa shape index (κ1) is 39.1. The number of aliphatic hydroxyl groups excluding tert-OH is 14. The van der Waals surface area contributed by atoms with Gasteiger partial charge in [0.2, 0.25) is 0 Å². The molecule has 43 heavy (non-hydrogen) atoms. The summed E-state index contributed by atoms with van der Waals surface area (Å²) in [6.45, 7) is -3.16. The van der Waals surface area contributed by atoms with Gasteiger partial charge in [-0.1, -0.05) is 0 Å². The fourth-order valence-electron chi connectivity index (χ4n) is 5.15. The van der Waals surface area contributed by atoms with E-state index in [-0.39, 0.29) is 23.9 Å². The Balaban J connectivity index is 0.00000645. The molecule has 256 valence electrons. The Kier molecular flexibility index (Phi) is 15.6. The molecule has 0 radical (unpaired) electrons. The van der Waals surface area contributed by atoms with Crippen molar-refractivity contribution in [2.75, 3.05) is 37.9 Å². The van der Waals surface area contributed by atoms with Crippen LogP contribution in [0, 0.1) is 0 Å². The number of ether oxygens (including phenoxy) is 4. The average molecular weight is 675 g/mol. The summed E-state index contributed by atoms with van der Waals surface area (Å²) >= 11 is 0. The molecule has 0 aromatic carbocycles. The maximum absolute atomic E-state index is 11.0. The van der Waals surface area contributed by atoms with Crippen LogP contribution in [0.3, 0.4) is 0 Å². The van der Waals surface area contributed by atoms with Crippen LogP contribution in [-0.4, -0.2) is 213 Å². The Morgan fingerprint density at radius 1 is 0.674 bits per heavy atom. The smallest absolute Gasteiger partial charge is 0.187 e. The van der Waals surface area contributed by atoms with Crippen LogP contribution in [0.1, 0.15) is 0 Å². The standard InChI is InChI=1S/C23H43O18S.ClH/c24-1-7(28)14(32)20(9(30)6-42-5-8(29)13(31)12(42)4-27)40-23-19(37)17(35)21(11(3-26)39-23)41-22-18(36)16(34)15(33)10(2-25)38-22;/h7-37H,1-6H2;1H/q+1;/p-1/t7-,8+,9+,10+,11+,12+,13-,14+,15+,16-,17+,18+,19+,20+,21+,22+,23-,42?;/m0./s1. The molecule has 0 saturated carbocycles. The van der Waals surface area contributed by atoms with E-state index in [2.05, 4.69) is 0 Å². The summed E-state index contributed by atoms with van der Waals surface area (Å²) in [4.78, 5) is 0. The summed E-state index contributed by atoms with van der Waals surface area (Å²) in [5, 5.41) is 141. The first-order valence-electron chi connectivity index (χ1n) is 13.3. The highest BCUT2D eigenvalue weighted by Gasteiger charge is 2.54. The van der Waals surface area contributed by atoms with Gasteiger partial charge in [0.15, 0.2) is 17.8 Å². The Hall–Kier alpha value is -0.0800. The van der Waals surface area contributed by atoms with E-state index in [4.69, 9.17) is 18.9 Å². The van der Waals surface area contributed by atoms with Crippen molar-refractivity contribution in [2.45, 2.75) is 103 Å². The monoisotopic (exact) mass is 674 g/mol. The van der Waals surface area contributed by atoms with E-state index in [1.165, 1.54) is 0 Å². The molecule has 0 spiro atoms. The van der Waals surface area contributed by atoms with Gasteiger partial charge in [0.1, 0.15) is 97.0 Å². The summed E-state index contributed by atoms with van der Waals surface area (Å²) in [6.07, 6.45) is -27.5. The zero-order valence-electron chi connectivity index (χ0n) is 22.7. The number of aliphatic hydroxyl groups is 14. The molecule has 3 heterocycles. The van der Waals surface area contributed by atoms with Gasteiger partial charge in [0, 0.05) is 10.9 Å². The topological polar surface area (TPSA) is 320 Å². The molecule has 1 unspecified atom stereocenters. The Morgan fingerprint density at radius 2 is 1.26 bits per heavy atom. The molecule has 3 fully saturated rings. The maximum atomic E-state index is 11.0. The molecule has 14 N–H and O–H groups in total. The minimum atomic E-state index is -2.03. The molecule has 3 saturated heterocycles. The maximum Gasteiger partial charge on any atom is 0.187 e. The van der Waals surface area contributed by atoms with Crippen LogP contribution in [0.25, 0.3) is 0 Å². The van der Waals surface area contributed by atoms with Crippen molar-refractivity contribution in [2.24, 2.45) is 0 Å². The number of rotatable bonds is 13. The molecule has 0 aromatic heterocycles. The Bertz CT molecular complexity index is 818. The number of halogens is 1. The molecule has 18 nitrogen and oxygen atoms in total. The minimum Gasteiger partial charge on any atom is -1.00 e. The van der Waals surface area contributed by atoms with E-state index in [0.717, 1.165) is 0 Å². The van der Waals surface area contributed by atoms with E-state index in [0.29, 0.717) is 0 Å². The third kappa shape index (κ3) is 8.64. The van der Waals surface area contributed by atoms with Crippen molar-refractivity contribution in [1.29, 1.82) is 0 Å². The van der Waals surface area contributed by atoms with Gasteiger partial charge in [-0.3, -0.25) is 0 Å². The summed E-state index contributed by atoms with van der Waals surface area (Å²) in [5.41, 5.74) is 0. The van der Waals surface area contributed by atoms with Gasteiger partial charge in [-0.15, -0.1) is 0 Å². The van der Waals surface area contributed by atoms with Crippen LogP contribution in [0.15, 0.2) is 0 Å². The quantitative estimate of drug-likeness (QED) is 0.0806. The Morgan fingerprint density at radius 3 is 1.81 bits per heavy atom. The van der Waals surface area contributed by atoms with E-state index in [9.17, 15) is 71.5 Å². The molecule has 18 atom stereocenters. The van der Waals surface area contributed by atoms with Crippen LogP contribution in [0.5, 0.6) is 0 Å². The van der Waals surface area contributed by atoms with Crippen LogP contribution in [0.4, 0.5) is 0 Å². The molecular weight excluding hydrogens is 632 g/mol. The van der Waals surface area contributed by atoms with Crippen molar-refractivity contribution in [1.82, 2.24) is 0 Å². The molecule has 0 amide bonds. The summed E-state index contributed by atoms with van der Waals surface area (Å²) in [7, 11) is -1.00. The zero-order chi connectivity index (χ0) is 31.5. The van der Waals surface area contributed by atoms with Gasteiger partial charge in [-0.05, 0) is 0 Å². The lowest BCUT2D eigenvalue weighted by Gasteiger charge is -2.46. The molecular formula is C23H43ClO18S. The average Bonchev–Trinajstić information content (AvgIpc) is 3.25. The van der Waals surface area contributed by atoms with Crippen molar-refractivity contribution in [3.05, 3.63) is 0 Å². The predicted octanol–water partition coefficient (Wildman–Crippen LogP) is -12.2. The fourth-order valence-corrected chi connectivity index (χ4v) is 7.84. The lowest BCUT2D eigenvalue weighted by atomic mass is 9.96. The van der Waals surface area contributed by atoms with Crippen LogP contribution in [-0.2, 0) is 29.8 Å². The third-order valence-corrected chi connectivity index (χ3v) is 10.5. The zero-order valence-corrected chi connectivity index (χ0v) is 24.3. The van der Waals surface area contributed by atoms with E-state index in [1.54, 1.807) is 0 Å². The van der Waals surface area contributed by atoms with Gasteiger partial charge < -0.3 is 103 Å². The van der Waals surface area contributed by atoms with Crippen LogP contribution in [0.2, 0.25) is 0 Å². The van der Waals surface area contributed by atoms with E-state index >= 15 is 0 Å². The second-order valence-corrected chi connectivity index (χ2v) is 12.9. The van der Waals surface area contributed by atoms with Gasteiger partial charge in [0.05, 0.1) is 26.4 Å². The van der Waals surface area contributed by atoms with Crippen LogP contribution >= 0.6 is 0 Å². The highest BCUT2D eigenvalue weighted by Crippen LogP contribution is 2.32. The highest BCUT2D eigenvalue weighted by atomic mass is 35.5. The van der Waals surface area contributed by atoms with Crippen molar-refractivity contribution in [3.8, 4) is 0 Å². The predicted molar refractivity (Wildman–Crippen MR) is 136 cm³/mol. The third-order valence-electron chi connectivity index (χ3n) is 7.70. The molecule has 3 aliphatic heterocycles. The molecule has 20 heteroatoms. The fraction of sp³-hybridized carbons (Fsp3) is 1.00. The van der Waals surface area contributed by atoms with Gasteiger partial charge >= 0.3 is 0 Å². The lowest BCUT2D eigenvalue weighted by Crippen LogP contribution is -3.00. The SMILES string of the molecule is OC[C@@H]1[C@@H](O)[C@H](O)C[S+]1C[C@@H](O)[C@@H](O[C@@H]1O[C@H](CO)[C@@H](O[C@H]2O[C@H](CO)[C@@H](O)[C@H](O)[C@H]2O)[C@H](O)[C@H]1O)[C@H](O)[C@@H](O)CO.[Cl-].